The van der Waals surface area contributed by atoms with E-state index in [1.807, 2.05) is 41.7 Å². The molecule has 0 saturated heterocycles. The Morgan fingerprint density at radius 3 is 2.71 bits per heavy atom. The molecule has 28 heavy (non-hydrogen) atoms. The first-order chi connectivity index (χ1) is 13.8. The molecule has 0 amide bonds. The Bertz CT molecular complexity index is 1170. The minimum atomic E-state index is 0.661. The zero-order valence-corrected chi connectivity index (χ0v) is 16.5. The van der Waals surface area contributed by atoms with E-state index in [1.165, 1.54) is 11.1 Å². The largest absolute Gasteiger partial charge is 0.497 e. The van der Waals surface area contributed by atoms with Crippen molar-refractivity contribution in [2.45, 2.75) is 24.5 Å². The molecule has 6 nitrogen and oxygen atoms in total. The van der Waals surface area contributed by atoms with Gasteiger partial charge in [-0.25, -0.2) is 19.6 Å². The smallest absolute Gasteiger partial charge is 0.187 e. The molecule has 0 atom stereocenters. The van der Waals surface area contributed by atoms with Gasteiger partial charge < -0.3 is 4.74 Å². The van der Waals surface area contributed by atoms with Gasteiger partial charge in [-0.1, -0.05) is 23.9 Å². The highest BCUT2D eigenvalue weighted by molar-refractivity contribution is 7.98. The number of pyridine rings is 1. The van der Waals surface area contributed by atoms with Gasteiger partial charge in [0.1, 0.15) is 5.75 Å². The topological polar surface area (TPSA) is 65.7 Å². The van der Waals surface area contributed by atoms with Crippen molar-refractivity contribution in [1.82, 2.24) is 24.7 Å². The minimum Gasteiger partial charge on any atom is -0.497 e. The average molecular weight is 389 g/mol. The SMILES string of the molecule is COc1ccc(Cn2ncc3c4c(cnc32)CCc2nc(SC)ncc2-4)cc1. The van der Waals surface area contributed by atoms with Crippen molar-refractivity contribution >= 4 is 22.8 Å². The van der Waals surface area contributed by atoms with Gasteiger partial charge in [0.2, 0.25) is 0 Å². The summed E-state index contributed by atoms with van der Waals surface area (Å²) in [6.45, 7) is 0.661. The lowest BCUT2D eigenvalue weighted by Crippen LogP contribution is -2.09. The van der Waals surface area contributed by atoms with Crippen molar-refractivity contribution in [2.75, 3.05) is 13.4 Å². The number of nitrogens with zero attached hydrogens (tertiary/aromatic N) is 5. The van der Waals surface area contributed by atoms with Gasteiger partial charge in [0, 0.05) is 28.9 Å². The second kappa shape index (κ2) is 6.91. The van der Waals surface area contributed by atoms with Crippen LogP contribution >= 0.6 is 11.8 Å². The third-order valence-electron chi connectivity index (χ3n) is 5.16. The van der Waals surface area contributed by atoms with Crippen LogP contribution in [0.15, 0.2) is 48.0 Å². The van der Waals surface area contributed by atoms with Crippen LogP contribution in [-0.4, -0.2) is 38.1 Å². The van der Waals surface area contributed by atoms with Crippen LogP contribution < -0.4 is 4.74 Å². The van der Waals surface area contributed by atoms with Gasteiger partial charge in [-0.3, -0.25) is 0 Å². The fourth-order valence-electron chi connectivity index (χ4n) is 3.74. The molecule has 1 aliphatic rings. The molecule has 0 N–H and O–H groups in total. The molecule has 7 heteroatoms. The molecule has 0 aliphatic heterocycles. The molecule has 0 saturated carbocycles. The zero-order chi connectivity index (χ0) is 19.1. The second-order valence-corrected chi connectivity index (χ2v) is 7.54. The summed E-state index contributed by atoms with van der Waals surface area (Å²) in [5.41, 5.74) is 6.68. The van der Waals surface area contributed by atoms with Crippen LogP contribution in [0.25, 0.3) is 22.2 Å². The van der Waals surface area contributed by atoms with E-state index in [4.69, 9.17) is 14.7 Å². The number of aryl methyl sites for hydroxylation is 2. The number of benzene rings is 1. The van der Waals surface area contributed by atoms with E-state index in [1.54, 1.807) is 18.9 Å². The van der Waals surface area contributed by atoms with E-state index < -0.39 is 0 Å². The van der Waals surface area contributed by atoms with Crippen molar-refractivity contribution in [1.29, 1.82) is 0 Å². The highest BCUT2D eigenvalue weighted by Gasteiger charge is 2.23. The molecule has 0 bridgehead atoms. The average Bonchev–Trinajstić information content (AvgIpc) is 3.16. The number of fused-ring (bicyclic) bond motifs is 5. The molecular formula is C21H19N5OS. The highest BCUT2D eigenvalue weighted by Crippen LogP contribution is 2.37. The summed E-state index contributed by atoms with van der Waals surface area (Å²) in [6, 6.07) is 8.04. The molecule has 0 fully saturated rings. The monoisotopic (exact) mass is 389 g/mol. The van der Waals surface area contributed by atoms with Gasteiger partial charge >= 0.3 is 0 Å². The number of aromatic nitrogens is 5. The Balaban J connectivity index is 1.58. The van der Waals surface area contributed by atoms with E-state index in [0.717, 1.165) is 51.6 Å². The predicted octanol–water partition coefficient (Wildman–Crippen LogP) is 3.77. The highest BCUT2D eigenvalue weighted by atomic mass is 32.2. The first-order valence-electron chi connectivity index (χ1n) is 9.13. The first kappa shape index (κ1) is 17.2. The van der Waals surface area contributed by atoms with Crippen LogP contribution in [0.5, 0.6) is 5.75 Å². The molecule has 5 rings (SSSR count). The molecule has 3 heterocycles. The summed E-state index contributed by atoms with van der Waals surface area (Å²) in [4.78, 5) is 13.9. The fourth-order valence-corrected chi connectivity index (χ4v) is 4.10. The molecular weight excluding hydrogens is 370 g/mol. The van der Waals surface area contributed by atoms with E-state index in [2.05, 4.69) is 22.2 Å². The predicted molar refractivity (Wildman–Crippen MR) is 110 cm³/mol. The van der Waals surface area contributed by atoms with Gasteiger partial charge in [0.25, 0.3) is 0 Å². The summed E-state index contributed by atoms with van der Waals surface area (Å²) >= 11 is 1.57. The van der Waals surface area contributed by atoms with Crippen molar-refractivity contribution in [2.24, 2.45) is 0 Å². The van der Waals surface area contributed by atoms with Crippen LogP contribution in [0.1, 0.15) is 16.8 Å². The lowest BCUT2D eigenvalue weighted by Gasteiger charge is -2.19. The zero-order valence-electron chi connectivity index (χ0n) is 15.7. The summed E-state index contributed by atoms with van der Waals surface area (Å²) in [7, 11) is 1.67. The fraction of sp³-hybridized carbons (Fsp3) is 0.238. The summed E-state index contributed by atoms with van der Waals surface area (Å²) in [6.07, 6.45) is 9.72. The van der Waals surface area contributed by atoms with Gasteiger partial charge in [-0.05, 0) is 42.4 Å². The lowest BCUT2D eigenvalue weighted by atomic mass is 9.89. The molecule has 1 aliphatic carbocycles. The van der Waals surface area contributed by atoms with Crippen molar-refractivity contribution in [3.05, 3.63) is 59.7 Å². The number of hydrogen-bond donors (Lipinski definition) is 0. The Hall–Kier alpha value is -2.93. The molecule has 1 aromatic carbocycles. The Morgan fingerprint density at radius 2 is 1.93 bits per heavy atom. The van der Waals surface area contributed by atoms with E-state index >= 15 is 0 Å². The van der Waals surface area contributed by atoms with Crippen LogP contribution in [0.4, 0.5) is 0 Å². The van der Waals surface area contributed by atoms with E-state index in [9.17, 15) is 0 Å². The van der Waals surface area contributed by atoms with Gasteiger partial charge in [0.05, 0.1) is 25.5 Å². The second-order valence-electron chi connectivity index (χ2n) is 6.76. The Labute approximate surface area is 167 Å². The lowest BCUT2D eigenvalue weighted by molar-refractivity contribution is 0.414. The van der Waals surface area contributed by atoms with E-state index in [0.29, 0.717) is 6.54 Å². The van der Waals surface area contributed by atoms with Crippen LogP contribution in [0.3, 0.4) is 0 Å². The van der Waals surface area contributed by atoms with Gasteiger partial charge in [-0.15, -0.1) is 0 Å². The van der Waals surface area contributed by atoms with Crippen LogP contribution in [0.2, 0.25) is 0 Å². The van der Waals surface area contributed by atoms with Crippen molar-refractivity contribution < 1.29 is 4.74 Å². The summed E-state index contributed by atoms with van der Waals surface area (Å²) in [5, 5.41) is 6.51. The first-order valence-corrected chi connectivity index (χ1v) is 10.4. The van der Waals surface area contributed by atoms with Crippen molar-refractivity contribution in [3.63, 3.8) is 0 Å². The van der Waals surface area contributed by atoms with Gasteiger partial charge in [-0.2, -0.15) is 5.10 Å². The number of thioether (sulfide) groups is 1. The Morgan fingerprint density at radius 1 is 1.07 bits per heavy atom. The molecule has 140 valence electrons. The summed E-state index contributed by atoms with van der Waals surface area (Å²) in [5.74, 6) is 0.850. The molecule has 0 unspecified atom stereocenters. The van der Waals surface area contributed by atoms with Gasteiger partial charge in [0.15, 0.2) is 10.8 Å². The normalized spacial score (nSPS) is 12.6. The minimum absolute atomic E-state index is 0.661. The third kappa shape index (κ3) is 2.82. The quantitative estimate of drug-likeness (QED) is 0.391. The maximum absolute atomic E-state index is 5.24. The molecule has 0 radical (unpaired) electrons. The maximum Gasteiger partial charge on any atom is 0.187 e. The maximum atomic E-state index is 5.24. The van der Waals surface area contributed by atoms with Crippen molar-refractivity contribution in [3.8, 4) is 16.9 Å². The van der Waals surface area contributed by atoms with Crippen LogP contribution in [0, 0.1) is 0 Å². The standard InChI is InChI=1S/C21H19N5OS/c1-27-15-6-3-13(4-7-15)12-26-20-17(11-24-26)19-14(9-22-20)5-8-18-16(19)10-23-21(25-18)28-2/h3-4,6-7,9-11H,5,8,12H2,1-2H3. The number of methoxy groups -OCH3 is 1. The van der Waals surface area contributed by atoms with E-state index in [-0.39, 0.29) is 0 Å². The number of hydrogen-bond acceptors (Lipinski definition) is 6. The summed E-state index contributed by atoms with van der Waals surface area (Å²) < 4.78 is 7.19. The Kier molecular flexibility index (Phi) is 4.24. The third-order valence-corrected chi connectivity index (χ3v) is 5.73. The molecule has 0 spiro atoms. The number of ether oxygens (including phenoxy) is 1. The molecule has 3 aromatic heterocycles. The molecule has 4 aromatic rings. The van der Waals surface area contributed by atoms with Crippen LogP contribution in [-0.2, 0) is 19.4 Å². The number of rotatable bonds is 4.